The number of carbonyl (C=O) groups excluding carboxylic acids is 3. The Bertz CT molecular complexity index is 625. The molecule has 0 aliphatic heterocycles. The van der Waals surface area contributed by atoms with Gasteiger partial charge in [-0.2, -0.15) is 0 Å². The Morgan fingerprint density at radius 1 is 1.28 bits per heavy atom. The van der Waals surface area contributed by atoms with E-state index in [2.05, 4.69) is 0 Å². The zero-order chi connectivity index (χ0) is 13.1. The highest BCUT2D eigenvalue weighted by Crippen LogP contribution is 2.21. The van der Waals surface area contributed by atoms with Crippen LogP contribution in [0.5, 0.6) is 0 Å². The number of carbonyl (C=O) groups is 3. The molecule has 2 aromatic rings. The number of hydrogen-bond acceptors (Lipinski definition) is 3. The number of ketones is 2. The number of benzene rings is 1. The molecule has 4 heteroatoms. The lowest BCUT2D eigenvalue weighted by molar-refractivity contribution is -0.117. The van der Waals surface area contributed by atoms with E-state index in [1.165, 1.54) is 6.92 Å². The van der Waals surface area contributed by atoms with E-state index in [0.29, 0.717) is 24.9 Å². The molecule has 1 heterocycles. The van der Waals surface area contributed by atoms with E-state index >= 15 is 0 Å². The summed E-state index contributed by atoms with van der Waals surface area (Å²) < 4.78 is 1.68. The molecule has 0 aliphatic rings. The number of Topliss-reactive ketones (excluding diaryl/α,β-unsaturated/α-hetero) is 2. The third-order valence-corrected chi connectivity index (χ3v) is 2.84. The lowest BCUT2D eigenvalue weighted by atomic mass is 10.1. The predicted octanol–water partition coefficient (Wildman–Crippen LogP) is 2.00. The van der Waals surface area contributed by atoms with E-state index < -0.39 is 5.78 Å². The van der Waals surface area contributed by atoms with E-state index in [-0.39, 0.29) is 5.78 Å². The fourth-order valence-electron chi connectivity index (χ4n) is 2.00. The molecule has 1 aromatic heterocycles. The Hall–Kier alpha value is -2.23. The standard InChI is InChI=1S/C14H13NO3/c1-10(17)6-7-15-8-11-4-2-3-5-12(11)14(15)13(18)9-16/h2-5,8-9H,6-7H2,1H3. The molecule has 18 heavy (non-hydrogen) atoms. The number of hydrogen-bond donors (Lipinski definition) is 0. The molecule has 0 aliphatic carbocycles. The van der Waals surface area contributed by atoms with Gasteiger partial charge in [-0.1, -0.05) is 24.3 Å². The number of aromatic nitrogens is 1. The van der Waals surface area contributed by atoms with Crippen LogP contribution >= 0.6 is 0 Å². The first kappa shape index (κ1) is 12.2. The smallest absolute Gasteiger partial charge is 0.242 e. The Balaban J connectivity index is 2.53. The lowest BCUT2D eigenvalue weighted by Crippen LogP contribution is -2.11. The summed E-state index contributed by atoms with van der Waals surface area (Å²) in [5.74, 6) is -0.503. The van der Waals surface area contributed by atoms with Gasteiger partial charge in [-0.25, -0.2) is 0 Å². The molecule has 0 unspecified atom stereocenters. The summed E-state index contributed by atoms with van der Waals surface area (Å²) in [5.41, 5.74) is 0.363. The van der Waals surface area contributed by atoms with Gasteiger partial charge in [0.15, 0.2) is 6.29 Å². The Kier molecular flexibility index (Phi) is 3.37. The van der Waals surface area contributed by atoms with Crippen molar-refractivity contribution in [2.24, 2.45) is 0 Å². The fraction of sp³-hybridized carbons (Fsp3) is 0.214. The van der Waals surface area contributed by atoms with Crippen LogP contribution in [0, 0.1) is 0 Å². The largest absolute Gasteiger partial charge is 0.343 e. The number of aldehydes is 1. The van der Waals surface area contributed by atoms with Gasteiger partial charge in [-0.05, 0) is 6.92 Å². The van der Waals surface area contributed by atoms with Gasteiger partial charge >= 0.3 is 0 Å². The molecule has 1 aromatic carbocycles. The highest BCUT2D eigenvalue weighted by Gasteiger charge is 2.15. The fourth-order valence-corrected chi connectivity index (χ4v) is 2.00. The van der Waals surface area contributed by atoms with Crippen molar-refractivity contribution in [2.75, 3.05) is 0 Å². The van der Waals surface area contributed by atoms with Crippen molar-refractivity contribution in [3.8, 4) is 0 Å². The van der Waals surface area contributed by atoms with Crippen molar-refractivity contribution in [3.63, 3.8) is 0 Å². The van der Waals surface area contributed by atoms with Crippen LogP contribution in [0.15, 0.2) is 30.5 Å². The highest BCUT2D eigenvalue weighted by molar-refractivity contribution is 6.35. The summed E-state index contributed by atoms with van der Waals surface area (Å²) in [6, 6.07) is 7.36. The van der Waals surface area contributed by atoms with Crippen molar-refractivity contribution < 1.29 is 14.4 Å². The molecule has 0 amide bonds. The molecule has 0 saturated carbocycles. The van der Waals surface area contributed by atoms with Crippen molar-refractivity contribution in [1.82, 2.24) is 4.57 Å². The molecular weight excluding hydrogens is 230 g/mol. The minimum absolute atomic E-state index is 0.0530. The topological polar surface area (TPSA) is 56.1 Å². The number of fused-ring (bicyclic) bond motifs is 1. The van der Waals surface area contributed by atoms with Gasteiger partial charge in [0.05, 0.1) is 0 Å². The molecule has 4 nitrogen and oxygen atoms in total. The molecule has 0 radical (unpaired) electrons. The van der Waals surface area contributed by atoms with Gasteiger partial charge in [-0.15, -0.1) is 0 Å². The molecule has 0 fully saturated rings. The molecule has 0 atom stereocenters. The van der Waals surface area contributed by atoms with Crippen molar-refractivity contribution >= 4 is 28.6 Å². The van der Waals surface area contributed by atoms with E-state index in [1.54, 1.807) is 16.8 Å². The maximum absolute atomic E-state index is 11.7. The Morgan fingerprint density at radius 2 is 2.00 bits per heavy atom. The second-order valence-electron chi connectivity index (χ2n) is 4.19. The van der Waals surface area contributed by atoms with Crippen molar-refractivity contribution in [3.05, 3.63) is 36.2 Å². The lowest BCUT2D eigenvalue weighted by Gasteiger charge is -2.04. The summed E-state index contributed by atoms with van der Waals surface area (Å²) in [6.45, 7) is 1.92. The summed E-state index contributed by atoms with van der Waals surface area (Å²) in [4.78, 5) is 33.4. The minimum atomic E-state index is -0.556. The second kappa shape index (κ2) is 4.96. The van der Waals surface area contributed by atoms with Crippen LogP contribution in [0.1, 0.15) is 23.8 Å². The van der Waals surface area contributed by atoms with Gasteiger partial charge < -0.3 is 4.57 Å². The minimum Gasteiger partial charge on any atom is -0.343 e. The Labute approximate surface area is 104 Å². The summed E-state index contributed by atoms with van der Waals surface area (Å²) in [5, 5.41) is 1.64. The van der Waals surface area contributed by atoms with Gasteiger partial charge in [0, 0.05) is 29.9 Å². The molecule has 0 saturated heterocycles. The zero-order valence-corrected chi connectivity index (χ0v) is 10.1. The van der Waals surface area contributed by atoms with Crippen LogP contribution in [0.2, 0.25) is 0 Å². The molecule has 0 bridgehead atoms. The Morgan fingerprint density at radius 3 is 2.67 bits per heavy atom. The monoisotopic (exact) mass is 243 g/mol. The molecule has 0 N–H and O–H groups in total. The SMILES string of the molecule is CC(=O)CCn1cc2ccccc2c1C(=O)C=O. The number of nitrogens with zero attached hydrogens (tertiary/aromatic N) is 1. The van der Waals surface area contributed by atoms with Crippen molar-refractivity contribution in [2.45, 2.75) is 19.9 Å². The van der Waals surface area contributed by atoms with E-state index in [0.717, 1.165) is 10.8 Å². The van der Waals surface area contributed by atoms with Crippen LogP contribution in [-0.4, -0.2) is 22.4 Å². The average molecular weight is 243 g/mol. The third kappa shape index (κ3) is 2.22. The number of rotatable bonds is 5. The molecular formula is C14H13NO3. The second-order valence-corrected chi connectivity index (χ2v) is 4.19. The van der Waals surface area contributed by atoms with Gasteiger partial charge in [0.25, 0.3) is 0 Å². The van der Waals surface area contributed by atoms with E-state index in [1.807, 2.05) is 18.2 Å². The van der Waals surface area contributed by atoms with Crippen molar-refractivity contribution in [1.29, 1.82) is 0 Å². The summed E-state index contributed by atoms with van der Waals surface area (Å²) in [6.07, 6.45) is 2.46. The first-order chi connectivity index (χ1) is 8.63. The van der Waals surface area contributed by atoms with E-state index in [9.17, 15) is 14.4 Å². The van der Waals surface area contributed by atoms with E-state index in [4.69, 9.17) is 0 Å². The maximum atomic E-state index is 11.7. The molecule has 92 valence electrons. The van der Waals surface area contributed by atoms with Gasteiger partial charge in [0.2, 0.25) is 5.78 Å². The summed E-state index contributed by atoms with van der Waals surface area (Å²) in [7, 11) is 0. The average Bonchev–Trinajstić information content (AvgIpc) is 2.73. The summed E-state index contributed by atoms with van der Waals surface area (Å²) >= 11 is 0. The first-order valence-corrected chi connectivity index (χ1v) is 5.70. The highest BCUT2D eigenvalue weighted by atomic mass is 16.2. The molecule has 0 spiro atoms. The predicted molar refractivity (Wildman–Crippen MR) is 67.6 cm³/mol. The zero-order valence-electron chi connectivity index (χ0n) is 10.1. The molecule has 2 rings (SSSR count). The van der Waals surface area contributed by atoms with Crippen LogP contribution in [0.3, 0.4) is 0 Å². The van der Waals surface area contributed by atoms with Crippen LogP contribution in [0.25, 0.3) is 10.8 Å². The quantitative estimate of drug-likeness (QED) is 0.458. The van der Waals surface area contributed by atoms with Gasteiger partial charge in [0.1, 0.15) is 11.5 Å². The van der Waals surface area contributed by atoms with Crippen LogP contribution in [0.4, 0.5) is 0 Å². The number of aryl methyl sites for hydroxylation is 1. The maximum Gasteiger partial charge on any atom is 0.242 e. The van der Waals surface area contributed by atoms with Gasteiger partial charge in [-0.3, -0.25) is 14.4 Å². The first-order valence-electron chi connectivity index (χ1n) is 5.70. The third-order valence-electron chi connectivity index (χ3n) is 2.84. The normalized spacial score (nSPS) is 10.5. The van der Waals surface area contributed by atoms with Crippen LogP contribution in [-0.2, 0) is 16.1 Å². The van der Waals surface area contributed by atoms with Crippen LogP contribution < -0.4 is 0 Å².